The molecule has 0 spiro atoms. The second kappa shape index (κ2) is 5.82. The molecule has 2 heterocycles. The Kier molecular flexibility index (Phi) is 4.08. The molecule has 3 aromatic rings. The Morgan fingerprint density at radius 2 is 1.75 bits per heavy atom. The quantitative estimate of drug-likeness (QED) is 0.510. The summed E-state index contributed by atoms with van der Waals surface area (Å²) in [5, 5.41) is 4.62. The van der Waals surface area contributed by atoms with Gasteiger partial charge >= 0.3 is 0 Å². The van der Waals surface area contributed by atoms with Crippen LogP contribution in [0.4, 0.5) is 0 Å². The van der Waals surface area contributed by atoms with Crippen molar-refractivity contribution in [1.82, 2.24) is 9.97 Å². The van der Waals surface area contributed by atoms with E-state index in [1.807, 2.05) is 41.1 Å². The molecule has 2 nitrogen and oxygen atoms in total. The van der Waals surface area contributed by atoms with Gasteiger partial charge in [-0.3, -0.25) is 0 Å². The van der Waals surface area contributed by atoms with Crippen LogP contribution >= 0.6 is 50.5 Å². The fourth-order valence-electron chi connectivity index (χ4n) is 1.81. The van der Waals surface area contributed by atoms with E-state index in [2.05, 4.69) is 25.9 Å². The average molecular weight is 386 g/mol. The number of aromatic nitrogens is 2. The zero-order valence-corrected chi connectivity index (χ0v) is 13.9. The van der Waals surface area contributed by atoms with Gasteiger partial charge in [-0.25, -0.2) is 9.97 Å². The summed E-state index contributed by atoms with van der Waals surface area (Å²) < 4.78 is 0.948. The predicted molar refractivity (Wildman–Crippen MR) is 88.5 cm³/mol. The molecule has 6 heteroatoms. The first-order valence-corrected chi connectivity index (χ1v) is 8.16. The van der Waals surface area contributed by atoms with E-state index < -0.39 is 0 Å². The van der Waals surface area contributed by atoms with Gasteiger partial charge in [0.15, 0.2) is 5.82 Å². The lowest BCUT2D eigenvalue weighted by Crippen LogP contribution is -1.93. The van der Waals surface area contributed by atoms with Crippen molar-refractivity contribution >= 4 is 50.5 Å². The first-order valence-electron chi connectivity index (χ1n) is 5.66. The molecule has 0 bridgehead atoms. The summed E-state index contributed by atoms with van der Waals surface area (Å²) in [6.07, 6.45) is 0. The molecule has 20 heavy (non-hydrogen) atoms. The fraction of sp³-hybridized carbons (Fsp3) is 0. The molecular formula is C14H7BrCl2N2S. The van der Waals surface area contributed by atoms with Crippen molar-refractivity contribution in [3.63, 3.8) is 0 Å². The molecule has 0 saturated carbocycles. The van der Waals surface area contributed by atoms with Gasteiger partial charge in [0, 0.05) is 15.4 Å². The first kappa shape index (κ1) is 14.0. The molecule has 0 radical (unpaired) electrons. The van der Waals surface area contributed by atoms with E-state index >= 15 is 0 Å². The van der Waals surface area contributed by atoms with Crippen LogP contribution in [0.15, 0.2) is 45.6 Å². The van der Waals surface area contributed by atoms with E-state index in [9.17, 15) is 0 Å². The van der Waals surface area contributed by atoms with Gasteiger partial charge in [-0.2, -0.15) is 11.3 Å². The van der Waals surface area contributed by atoms with Gasteiger partial charge in [-0.05, 0) is 29.1 Å². The van der Waals surface area contributed by atoms with E-state index in [1.54, 1.807) is 11.3 Å². The van der Waals surface area contributed by atoms with Crippen LogP contribution in [0.3, 0.4) is 0 Å². The van der Waals surface area contributed by atoms with Gasteiger partial charge in [0.1, 0.15) is 10.3 Å². The van der Waals surface area contributed by atoms with E-state index in [1.165, 1.54) is 0 Å². The van der Waals surface area contributed by atoms with Gasteiger partial charge in [-0.15, -0.1) is 0 Å². The topological polar surface area (TPSA) is 25.8 Å². The molecule has 0 aliphatic heterocycles. The molecule has 0 N–H and O–H groups in total. The zero-order valence-electron chi connectivity index (χ0n) is 9.98. The van der Waals surface area contributed by atoms with Crippen LogP contribution in [0.5, 0.6) is 0 Å². The molecule has 3 rings (SSSR count). The summed E-state index contributed by atoms with van der Waals surface area (Å²) in [4.78, 5) is 8.69. The van der Waals surface area contributed by atoms with Gasteiger partial charge in [0.25, 0.3) is 0 Å². The standard InChI is InChI=1S/C14H7BrCl2N2S/c15-10-3-1-2-8(6-10)11-12(16)18-14(19-13(11)17)9-4-5-20-7-9/h1-7H. The molecule has 0 saturated heterocycles. The fourth-order valence-corrected chi connectivity index (χ4v) is 3.45. The van der Waals surface area contributed by atoms with E-state index in [0.29, 0.717) is 21.7 Å². The summed E-state index contributed by atoms with van der Waals surface area (Å²) >= 11 is 17.6. The highest BCUT2D eigenvalue weighted by Gasteiger charge is 2.15. The van der Waals surface area contributed by atoms with Crippen LogP contribution < -0.4 is 0 Å². The first-order chi connectivity index (χ1) is 9.65. The number of halogens is 3. The maximum absolute atomic E-state index is 6.29. The Labute approximate surface area is 138 Å². The number of hydrogen-bond acceptors (Lipinski definition) is 3. The molecule has 1 aromatic carbocycles. The molecule has 0 amide bonds. The zero-order chi connectivity index (χ0) is 14.1. The Hall–Kier alpha value is -0.940. The summed E-state index contributed by atoms with van der Waals surface area (Å²) in [5.74, 6) is 0.542. The number of rotatable bonds is 2. The molecule has 0 atom stereocenters. The van der Waals surface area contributed by atoms with Crippen LogP contribution in [-0.4, -0.2) is 9.97 Å². The lowest BCUT2D eigenvalue weighted by Gasteiger charge is -2.08. The van der Waals surface area contributed by atoms with Crippen molar-refractivity contribution in [2.45, 2.75) is 0 Å². The van der Waals surface area contributed by atoms with Crippen LogP contribution in [0, 0.1) is 0 Å². The normalized spacial score (nSPS) is 10.8. The van der Waals surface area contributed by atoms with Crippen molar-refractivity contribution in [2.24, 2.45) is 0 Å². The van der Waals surface area contributed by atoms with Crippen LogP contribution in [0.2, 0.25) is 10.3 Å². The van der Waals surface area contributed by atoms with E-state index in [-0.39, 0.29) is 0 Å². The average Bonchev–Trinajstić information content (AvgIpc) is 2.91. The van der Waals surface area contributed by atoms with Gasteiger partial charge < -0.3 is 0 Å². The minimum Gasteiger partial charge on any atom is -0.216 e. The minimum atomic E-state index is 0.351. The third-order valence-corrected chi connectivity index (χ3v) is 4.44. The monoisotopic (exact) mass is 384 g/mol. The number of thiophene rings is 1. The van der Waals surface area contributed by atoms with Gasteiger partial charge in [0.2, 0.25) is 0 Å². The number of hydrogen-bond donors (Lipinski definition) is 0. The predicted octanol–water partition coefficient (Wildman–Crippen LogP) is 5.94. The highest BCUT2D eigenvalue weighted by molar-refractivity contribution is 9.10. The van der Waals surface area contributed by atoms with E-state index in [0.717, 1.165) is 15.6 Å². The Balaban J connectivity index is 2.14. The summed E-state index contributed by atoms with van der Waals surface area (Å²) in [6, 6.07) is 9.64. The van der Waals surface area contributed by atoms with Crippen molar-refractivity contribution < 1.29 is 0 Å². The number of nitrogens with zero attached hydrogens (tertiary/aromatic N) is 2. The Bertz CT molecular complexity index is 737. The molecular weight excluding hydrogens is 379 g/mol. The van der Waals surface area contributed by atoms with Crippen molar-refractivity contribution in [3.05, 3.63) is 55.9 Å². The van der Waals surface area contributed by atoms with Gasteiger partial charge in [0.05, 0.1) is 5.56 Å². The largest absolute Gasteiger partial charge is 0.216 e. The maximum atomic E-state index is 6.29. The lowest BCUT2D eigenvalue weighted by atomic mass is 10.1. The molecule has 0 aliphatic rings. The Morgan fingerprint density at radius 1 is 1.00 bits per heavy atom. The van der Waals surface area contributed by atoms with Crippen molar-refractivity contribution in [1.29, 1.82) is 0 Å². The summed E-state index contributed by atoms with van der Waals surface area (Å²) in [5.41, 5.74) is 2.44. The smallest absolute Gasteiger partial charge is 0.163 e. The maximum Gasteiger partial charge on any atom is 0.163 e. The second-order valence-electron chi connectivity index (χ2n) is 4.03. The molecule has 100 valence electrons. The van der Waals surface area contributed by atoms with Crippen molar-refractivity contribution in [2.75, 3.05) is 0 Å². The number of benzene rings is 1. The second-order valence-corrected chi connectivity index (χ2v) is 6.44. The lowest BCUT2D eigenvalue weighted by molar-refractivity contribution is 1.18. The summed E-state index contributed by atoms with van der Waals surface area (Å²) in [6.45, 7) is 0. The van der Waals surface area contributed by atoms with E-state index in [4.69, 9.17) is 23.2 Å². The van der Waals surface area contributed by atoms with Crippen LogP contribution in [0.25, 0.3) is 22.5 Å². The molecule has 0 aliphatic carbocycles. The van der Waals surface area contributed by atoms with Crippen LogP contribution in [-0.2, 0) is 0 Å². The highest BCUT2D eigenvalue weighted by atomic mass is 79.9. The Morgan fingerprint density at radius 3 is 2.35 bits per heavy atom. The van der Waals surface area contributed by atoms with Crippen LogP contribution in [0.1, 0.15) is 0 Å². The minimum absolute atomic E-state index is 0.351. The molecule has 0 unspecified atom stereocenters. The highest BCUT2D eigenvalue weighted by Crippen LogP contribution is 2.35. The van der Waals surface area contributed by atoms with Crippen molar-refractivity contribution in [3.8, 4) is 22.5 Å². The molecule has 0 fully saturated rings. The third kappa shape index (κ3) is 2.74. The van der Waals surface area contributed by atoms with Gasteiger partial charge in [-0.1, -0.05) is 51.3 Å². The third-order valence-electron chi connectivity index (χ3n) is 2.71. The molecule has 2 aromatic heterocycles. The SMILES string of the molecule is Clc1nc(-c2ccsc2)nc(Cl)c1-c1cccc(Br)c1. The summed E-state index contributed by atoms with van der Waals surface area (Å²) in [7, 11) is 0.